The molecule has 0 bridgehead atoms. The molecule has 1 aliphatic carbocycles. The second-order valence-electron chi connectivity index (χ2n) is 4.60. The van der Waals surface area contributed by atoms with Crippen LogP contribution < -0.4 is 5.73 Å². The molecule has 1 aliphatic rings. The van der Waals surface area contributed by atoms with E-state index in [0.29, 0.717) is 17.7 Å². The van der Waals surface area contributed by atoms with Crippen LogP contribution in [0.25, 0.3) is 0 Å². The Hall–Kier alpha value is -2.17. The molecule has 5 heteroatoms. The fourth-order valence-electron chi connectivity index (χ4n) is 2.25. The highest BCUT2D eigenvalue weighted by Gasteiger charge is 2.39. The summed E-state index contributed by atoms with van der Waals surface area (Å²) >= 11 is 0. The van der Waals surface area contributed by atoms with E-state index in [1.165, 1.54) is 5.56 Å². The maximum Gasteiger partial charge on any atom is 0.315 e. The molecule has 1 aromatic carbocycles. The number of hydrogen-bond donors (Lipinski definition) is 1. The van der Waals surface area contributed by atoms with Gasteiger partial charge in [0.25, 0.3) is 0 Å². The molecule has 0 saturated heterocycles. The van der Waals surface area contributed by atoms with Gasteiger partial charge in [-0.15, -0.1) is 0 Å². The molecule has 1 heterocycles. The summed E-state index contributed by atoms with van der Waals surface area (Å²) in [6, 6.07) is 10.4. The molecule has 1 saturated carbocycles. The first-order valence-electron chi connectivity index (χ1n) is 5.91. The van der Waals surface area contributed by atoms with Crippen molar-refractivity contribution < 1.29 is 9.32 Å². The minimum atomic E-state index is -0.677. The van der Waals surface area contributed by atoms with Gasteiger partial charge < -0.3 is 10.3 Å². The molecule has 18 heavy (non-hydrogen) atoms. The first kappa shape index (κ1) is 11.0. The highest BCUT2D eigenvalue weighted by Crippen LogP contribution is 2.48. The van der Waals surface area contributed by atoms with Gasteiger partial charge in [0.1, 0.15) is 0 Å². The second-order valence-corrected chi connectivity index (χ2v) is 4.60. The predicted octanol–water partition coefficient (Wildman–Crippen LogP) is 1.51. The maximum absolute atomic E-state index is 10.8. The zero-order chi connectivity index (χ0) is 12.5. The molecular formula is C13H13N3O2. The fraction of sp³-hybridized carbons (Fsp3) is 0.308. The molecule has 0 unspecified atom stereocenters. The summed E-state index contributed by atoms with van der Waals surface area (Å²) in [6.45, 7) is 0. The highest BCUT2D eigenvalue weighted by atomic mass is 16.5. The standard InChI is InChI=1S/C13H13N3O2/c14-12(17)13-15-11(16-18-13)7-9-6-10(9)8-4-2-1-3-5-8/h1-5,9-10H,6-7H2,(H2,14,17)/t9-,10-/m0/s1. The zero-order valence-electron chi connectivity index (χ0n) is 9.74. The molecule has 3 rings (SSSR count). The lowest BCUT2D eigenvalue weighted by Gasteiger charge is -1.97. The quantitative estimate of drug-likeness (QED) is 0.882. The van der Waals surface area contributed by atoms with E-state index >= 15 is 0 Å². The van der Waals surface area contributed by atoms with Crippen LogP contribution in [0.3, 0.4) is 0 Å². The number of nitrogens with zero attached hydrogens (tertiary/aromatic N) is 2. The van der Waals surface area contributed by atoms with Crippen LogP contribution in [0.1, 0.15) is 34.4 Å². The van der Waals surface area contributed by atoms with Crippen molar-refractivity contribution in [2.75, 3.05) is 0 Å². The van der Waals surface area contributed by atoms with E-state index in [1.54, 1.807) is 0 Å². The Morgan fingerprint density at radius 2 is 2.17 bits per heavy atom. The van der Waals surface area contributed by atoms with Crippen molar-refractivity contribution in [3.8, 4) is 0 Å². The Morgan fingerprint density at radius 1 is 1.39 bits per heavy atom. The molecule has 5 nitrogen and oxygen atoms in total. The molecule has 0 aliphatic heterocycles. The lowest BCUT2D eigenvalue weighted by atomic mass is 10.1. The van der Waals surface area contributed by atoms with E-state index in [0.717, 1.165) is 12.8 Å². The number of aromatic nitrogens is 2. The van der Waals surface area contributed by atoms with Crippen molar-refractivity contribution in [1.82, 2.24) is 10.1 Å². The number of benzene rings is 1. The third kappa shape index (κ3) is 2.11. The monoisotopic (exact) mass is 243 g/mol. The Labute approximate surface area is 104 Å². The minimum absolute atomic E-state index is 0.109. The summed E-state index contributed by atoms with van der Waals surface area (Å²) in [6.07, 6.45) is 1.86. The summed E-state index contributed by atoms with van der Waals surface area (Å²) in [5.41, 5.74) is 6.40. The van der Waals surface area contributed by atoms with Crippen LogP contribution in [0.4, 0.5) is 0 Å². The SMILES string of the molecule is NC(=O)c1nc(C[C@@H]2C[C@H]2c2ccccc2)no1. The number of hydrogen-bond acceptors (Lipinski definition) is 4. The molecule has 0 spiro atoms. The van der Waals surface area contributed by atoms with E-state index in [-0.39, 0.29) is 5.89 Å². The predicted molar refractivity (Wildman–Crippen MR) is 63.8 cm³/mol. The van der Waals surface area contributed by atoms with Gasteiger partial charge in [-0.05, 0) is 23.8 Å². The lowest BCUT2D eigenvalue weighted by Crippen LogP contribution is -2.11. The van der Waals surface area contributed by atoms with Gasteiger partial charge in [0.05, 0.1) is 0 Å². The number of rotatable bonds is 4. The van der Waals surface area contributed by atoms with Crippen molar-refractivity contribution in [3.05, 3.63) is 47.6 Å². The second kappa shape index (κ2) is 4.25. The Morgan fingerprint density at radius 3 is 2.83 bits per heavy atom. The van der Waals surface area contributed by atoms with E-state index in [1.807, 2.05) is 18.2 Å². The van der Waals surface area contributed by atoms with E-state index in [2.05, 4.69) is 22.3 Å². The van der Waals surface area contributed by atoms with Crippen LogP contribution in [0.15, 0.2) is 34.9 Å². The summed E-state index contributed by atoms with van der Waals surface area (Å²) in [7, 11) is 0. The van der Waals surface area contributed by atoms with Gasteiger partial charge in [-0.1, -0.05) is 35.5 Å². The third-order valence-electron chi connectivity index (χ3n) is 3.27. The normalized spacial score (nSPS) is 21.8. The largest absolute Gasteiger partial charge is 0.361 e. The Balaban J connectivity index is 1.64. The van der Waals surface area contributed by atoms with Crippen molar-refractivity contribution in [1.29, 1.82) is 0 Å². The average Bonchev–Trinajstić information content (AvgIpc) is 2.97. The molecule has 2 aromatic rings. The molecule has 2 atom stereocenters. The van der Waals surface area contributed by atoms with Crippen LogP contribution in [0, 0.1) is 5.92 Å². The van der Waals surface area contributed by atoms with Crippen LogP contribution in [0.2, 0.25) is 0 Å². The van der Waals surface area contributed by atoms with Gasteiger partial charge in [0.15, 0.2) is 5.82 Å². The third-order valence-corrected chi connectivity index (χ3v) is 3.27. The zero-order valence-corrected chi connectivity index (χ0v) is 9.74. The van der Waals surface area contributed by atoms with Crippen LogP contribution in [-0.2, 0) is 6.42 Å². The molecule has 1 amide bonds. The highest BCUT2D eigenvalue weighted by molar-refractivity contribution is 5.87. The lowest BCUT2D eigenvalue weighted by molar-refractivity contribution is 0.0958. The van der Waals surface area contributed by atoms with Crippen molar-refractivity contribution in [3.63, 3.8) is 0 Å². The smallest absolute Gasteiger partial charge is 0.315 e. The number of nitrogens with two attached hydrogens (primary N) is 1. The van der Waals surface area contributed by atoms with Gasteiger partial charge in [0.2, 0.25) is 0 Å². The molecule has 1 fully saturated rings. The van der Waals surface area contributed by atoms with E-state index in [4.69, 9.17) is 10.3 Å². The van der Waals surface area contributed by atoms with Gasteiger partial charge in [-0.25, -0.2) is 0 Å². The van der Waals surface area contributed by atoms with E-state index in [9.17, 15) is 4.79 Å². The van der Waals surface area contributed by atoms with Crippen LogP contribution in [-0.4, -0.2) is 16.0 Å². The maximum atomic E-state index is 10.8. The first-order valence-corrected chi connectivity index (χ1v) is 5.91. The summed E-state index contributed by atoms with van der Waals surface area (Å²) < 4.78 is 4.76. The number of primary amides is 1. The molecule has 0 radical (unpaired) electrons. The molecule has 1 aromatic heterocycles. The van der Waals surface area contributed by atoms with Crippen molar-refractivity contribution in [2.45, 2.75) is 18.8 Å². The minimum Gasteiger partial charge on any atom is -0.361 e. The van der Waals surface area contributed by atoms with E-state index < -0.39 is 5.91 Å². The molecule has 2 N–H and O–H groups in total. The summed E-state index contributed by atoms with van der Waals surface area (Å²) in [5.74, 6) is 0.880. The van der Waals surface area contributed by atoms with Crippen molar-refractivity contribution in [2.24, 2.45) is 11.7 Å². The summed E-state index contributed by atoms with van der Waals surface area (Å²) in [4.78, 5) is 14.8. The number of carbonyl (C=O) groups is 1. The fourth-order valence-corrected chi connectivity index (χ4v) is 2.25. The van der Waals surface area contributed by atoms with Gasteiger partial charge in [-0.2, -0.15) is 4.98 Å². The van der Waals surface area contributed by atoms with Gasteiger partial charge in [-0.3, -0.25) is 4.79 Å². The van der Waals surface area contributed by atoms with Crippen LogP contribution >= 0.6 is 0 Å². The average molecular weight is 243 g/mol. The van der Waals surface area contributed by atoms with Crippen molar-refractivity contribution >= 4 is 5.91 Å². The molecular weight excluding hydrogens is 230 g/mol. The van der Waals surface area contributed by atoms with Gasteiger partial charge >= 0.3 is 11.8 Å². The van der Waals surface area contributed by atoms with Gasteiger partial charge in [0, 0.05) is 6.42 Å². The Kier molecular flexibility index (Phi) is 2.59. The number of amides is 1. The number of carbonyl (C=O) groups excluding carboxylic acids is 1. The Bertz CT molecular complexity index is 565. The summed E-state index contributed by atoms with van der Waals surface area (Å²) in [5, 5.41) is 3.76. The first-order chi connectivity index (χ1) is 8.74. The van der Waals surface area contributed by atoms with Crippen LogP contribution in [0.5, 0.6) is 0 Å². The topological polar surface area (TPSA) is 82.0 Å². The molecule has 92 valence electrons.